The van der Waals surface area contributed by atoms with Crippen LogP contribution in [0.4, 0.5) is 5.69 Å². The fourth-order valence-corrected chi connectivity index (χ4v) is 1.89. The van der Waals surface area contributed by atoms with Crippen LogP contribution in [-0.4, -0.2) is 23.0 Å². The van der Waals surface area contributed by atoms with Gasteiger partial charge in [0.2, 0.25) is 0 Å². The van der Waals surface area contributed by atoms with Gasteiger partial charge in [-0.05, 0) is 38.1 Å². The second kappa shape index (κ2) is 7.04. The Morgan fingerprint density at radius 3 is 2.55 bits per heavy atom. The fraction of sp³-hybridized carbons (Fsp3) is 0.188. The zero-order chi connectivity index (χ0) is 16.1. The number of rotatable bonds is 4. The first-order chi connectivity index (χ1) is 10.5. The largest absolute Gasteiger partial charge is 0.449 e. The van der Waals surface area contributed by atoms with Crippen molar-refractivity contribution in [3.8, 4) is 0 Å². The van der Waals surface area contributed by atoms with Crippen LogP contribution in [0.3, 0.4) is 0 Å². The van der Waals surface area contributed by atoms with Gasteiger partial charge in [-0.2, -0.15) is 0 Å². The molecule has 1 aromatic carbocycles. The van der Waals surface area contributed by atoms with Crippen LogP contribution < -0.4 is 5.32 Å². The summed E-state index contributed by atoms with van der Waals surface area (Å²) in [6.07, 6.45) is 0.511. The van der Waals surface area contributed by atoms with E-state index in [1.165, 1.54) is 19.2 Å². The minimum atomic E-state index is -0.954. The average molecular weight is 319 g/mol. The van der Waals surface area contributed by atoms with Gasteiger partial charge in [0.1, 0.15) is 5.15 Å². The summed E-state index contributed by atoms with van der Waals surface area (Å²) in [7, 11) is 0. The van der Waals surface area contributed by atoms with Crippen LogP contribution in [0.1, 0.15) is 22.8 Å². The van der Waals surface area contributed by atoms with Crippen LogP contribution in [0.25, 0.3) is 0 Å². The number of hydrogen-bond donors (Lipinski definition) is 1. The number of esters is 1. The predicted molar refractivity (Wildman–Crippen MR) is 83.9 cm³/mol. The number of benzene rings is 1. The van der Waals surface area contributed by atoms with Gasteiger partial charge in [0.25, 0.3) is 5.91 Å². The molecule has 114 valence electrons. The number of aryl methyl sites for hydroxylation is 1. The number of carbonyl (C=O) groups is 2. The van der Waals surface area contributed by atoms with Crippen molar-refractivity contribution >= 4 is 29.2 Å². The highest BCUT2D eigenvalue weighted by atomic mass is 35.5. The van der Waals surface area contributed by atoms with Gasteiger partial charge in [0.15, 0.2) is 6.10 Å². The standard InChI is InChI=1S/C16H15ClN2O3/c1-10-5-7-12(8-6-10)19-15(20)11(2)22-16(21)13-4-3-9-18-14(13)17/h3-9,11H,1-2H3,(H,19,20)/t11-/m1/s1. The molecule has 0 aliphatic heterocycles. The summed E-state index contributed by atoms with van der Waals surface area (Å²) < 4.78 is 5.10. The van der Waals surface area contributed by atoms with Crippen molar-refractivity contribution in [3.05, 3.63) is 58.9 Å². The second-order valence-corrected chi connectivity index (χ2v) is 5.10. The van der Waals surface area contributed by atoms with Crippen molar-refractivity contribution < 1.29 is 14.3 Å². The molecule has 0 saturated heterocycles. The summed E-state index contributed by atoms with van der Waals surface area (Å²) in [6.45, 7) is 3.44. The molecule has 0 bridgehead atoms. The average Bonchev–Trinajstić information content (AvgIpc) is 2.49. The number of hydrogen-bond acceptors (Lipinski definition) is 4. The maximum atomic E-state index is 12.0. The zero-order valence-corrected chi connectivity index (χ0v) is 12.9. The van der Waals surface area contributed by atoms with E-state index in [0.717, 1.165) is 5.56 Å². The van der Waals surface area contributed by atoms with Crippen LogP contribution in [0.5, 0.6) is 0 Å². The number of nitrogens with one attached hydrogen (secondary N) is 1. The number of ether oxygens (including phenoxy) is 1. The molecule has 2 rings (SSSR count). The maximum Gasteiger partial charge on any atom is 0.342 e. The van der Waals surface area contributed by atoms with E-state index < -0.39 is 18.0 Å². The first-order valence-electron chi connectivity index (χ1n) is 6.66. The van der Waals surface area contributed by atoms with Crippen molar-refractivity contribution in [3.63, 3.8) is 0 Å². The Balaban J connectivity index is 1.98. The lowest BCUT2D eigenvalue weighted by atomic mass is 10.2. The topological polar surface area (TPSA) is 68.3 Å². The molecule has 0 unspecified atom stereocenters. The van der Waals surface area contributed by atoms with Crippen molar-refractivity contribution in [1.29, 1.82) is 0 Å². The Morgan fingerprint density at radius 2 is 1.91 bits per heavy atom. The smallest absolute Gasteiger partial charge is 0.342 e. The van der Waals surface area contributed by atoms with E-state index in [1.54, 1.807) is 18.2 Å². The monoisotopic (exact) mass is 318 g/mol. The first-order valence-corrected chi connectivity index (χ1v) is 7.04. The van der Waals surface area contributed by atoms with Crippen molar-refractivity contribution in [2.45, 2.75) is 20.0 Å². The van der Waals surface area contributed by atoms with Crippen LogP contribution in [0, 0.1) is 6.92 Å². The molecule has 22 heavy (non-hydrogen) atoms. The fourth-order valence-electron chi connectivity index (χ4n) is 1.70. The van der Waals surface area contributed by atoms with E-state index in [-0.39, 0.29) is 10.7 Å². The van der Waals surface area contributed by atoms with Gasteiger partial charge in [-0.3, -0.25) is 4.79 Å². The Labute approximate surface area is 133 Å². The molecule has 2 aromatic rings. The van der Waals surface area contributed by atoms with E-state index in [2.05, 4.69) is 10.3 Å². The minimum Gasteiger partial charge on any atom is -0.449 e. The number of carbonyl (C=O) groups excluding carboxylic acids is 2. The Bertz CT molecular complexity index is 686. The summed E-state index contributed by atoms with van der Waals surface area (Å²) in [5, 5.41) is 2.72. The Morgan fingerprint density at radius 1 is 1.23 bits per heavy atom. The molecule has 0 aliphatic rings. The molecular weight excluding hydrogens is 304 g/mol. The second-order valence-electron chi connectivity index (χ2n) is 4.74. The zero-order valence-electron chi connectivity index (χ0n) is 12.2. The number of nitrogens with zero attached hydrogens (tertiary/aromatic N) is 1. The van der Waals surface area contributed by atoms with E-state index in [0.29, 0.717) is 5.69 Å². The molecule has 1 atom stereocenters. The number of pyridine rings is 1. The van der Waals surface area contributed by atoms with Crippen molar-refractivity contribution in [2.24, 2.45) is 0 Å². The first kappa shape index (κ1) is 16.0. The van der Waals surface area contributed by atoms with E-state index in [9.17, 15) is 9.59 Å². The summed E-state index contributed by atoms with van der Waals surface area (Å²) >= 11 is 5.81. The van der Waals surface area contributed by atoms with E-state index >= 15 is 0 Å². The molecule has 5 nitrogen and oxygen atoms in total. The van der Waals surface area contributed by atoms with E-state index in [1.807, 2.05) is 19.1 Å². The SMILES string of the molecule is Cc1ccc(NC(=O)[C@@H](C)OC(=O)c2cccnc2Cl)cc1. The quantitative estimate of drug-likeness (QED) is 0.694. The van der Waals surface area contributed by atoms with Gasteiger partial charge in [-0.25, -0.2) is 9.78 Å². The Kier molecular flexibility index (Phi) is 5.12. The van der Waals surface area contributed by atoms with Crippen LogP contribution >= 0.6 is 11.6 Å². The van der Waals surface area contributed by atoms with Crippen LogP contribution in [-0.2, 0) is 9.53 Å². The molecule has 0 spiro atoms. The normalized spacial score (nSPS) is 11.6. The third-order valence-electron chi connectivity index (χ3n) is 2.95. The van der Waals surface area contributed by atoms with E-state index in [4.69, 9.17) is 16.3 Å². The summed E-state index contributed by atoms with van der Waals surface area (Å²) in [6, 6.07) is 10.4. The molecule has 0 radical (unpaired) electrons. The molecular formula is C16H15ClN2O3. The van der Waals surface area contributed by atoms with Gasteiger partial charge < -0.3 is 10.1 Å². The molecule has 1 N–H and O–H groups in total. The summed E-state index contributed by atoms with van der Waals surface area (Å²) in [4.78, 5) is 27.8. The molecule has 1 amide bonds. The van der Waals surface area contributed by atoms with Gasteiger partial charge in [0, 0.05) is 11.9 Å². The van der Waals surface area contributed by atoms with Crippen molar-refractivity contribution in [2.75, 3.05) is 5.32 Å². The maximum absolute atomic E-state index is 12.0. The molecule has 1 aromatic heterocycles. The highest BCUT2D eigenvalue weighted by Gasteiger charge is 2.20. The third kappa shape index (κ3) is 4.05. The molecule has 0 fully saturated rings. The van der Waals surface area contributed by atoms with Gasteiger partial charge in [-0.1, -0.05) is 29.3 Å². The molecule has 0 saturated carbocycles. The lowest BCUT2D eigenvalue weighted by Crippen LogP contribution is -2.30. The number of amides is 1. The summed E-state index contributed by atoms with van der Waals surface area (Å²) in [5.41, 5.74) is 1.85. The predicted octanol–water partition coefficient (Wildman–Crippen LogP) is 3.23. The highest BCUT2D eigenvalue weighted by molar-refractivity contribution is 6.32. The number of aromatic nitrogens is 1. The molecule has 1 heterocycles. The van der Waals surface area contributed by atoms with Gasteiger partial charge in [-0.15, -0.1) is 0 Å². The molecule has 6 heteroatoms. The lowest BCUT2D eigenvalue weighted by Gasteiger charge is -2.14. The Hall–Kier alpha value is -2.40. The van der Waals surface area contributed by atoms with Gasteiger partial charge >= 0.3 is 5.97 Å². The lowest BCUT2D eigenvalue weighted by molar-refractivity contribution is -0.123. The summed E-state index contributed by atoms with van der Waals surface area (Å²) in [5.74, 6) is -1.11. The minimum absolute atomic E-state index is 0.0404. The van der Waals surface area contributed by atoms with Gasteiger partial charge in [0.05, 0.1) is 5.56 Å². The highest BCUT2D eigenvalue weighted by Crippen LogP contribution is 2.14. The van der Waals surface area contributed by atoms with Crippen LogP contribution in [0.2, 0.25) is 5.15 Å². The number of halogens is 1. The van der Waals surface area contributed by atoms with Crippen molar-refractivity contribution in [1.82, 2.24) is 4.98 Å². The molecule has 0 aliphatic carbocycles. The third-order valence-corrected chi connectivity index (χ3v) is 3.25. The van der Waals surface area contributed by atoms with Crippen LogP contribution in [0.15, 0.2) is 42.6 Å². The number of anilines is 1.